The lowest BCUT2D eigenvalue weighted by Crippen LogP contribution is -2.05. The lowest BCUT2D eigenvalue weighted by molar-refractivity contribution is -0.134. The van der Waals surface area contributed by atoms with Crippen LogP contribution in [0.4, 0.5) is 8.78 Å². The Morgan fingerprint density at radius 2 is 1.74 bits per heavy atom. The minimum atomic E-state index is -0.647. The van der Waals surface area contributed by atoms with E-state index >= 15 is 0 Å². The first kappa shape index (κ1) is 13.2. The van der Waals surface area contributed by atoms with Crippen molar-refractivity contribution in [3.63, 3.8) is 0 Å². The summed E-state index contributed by atoms with van der Waals surface area (Å²) in [5.74, 6) is -1.30. The van der Waals surface area contributed by atoms with Gasteiger partial charge in [-0.1, -0.05) is 19.1 Å². The van der Waals surface area contributed by atoms with Crippen molar-refractivity contribution in [2.45, 2.75) is 13.3 Å². The monoisotopic (exact) mass is 262 g/mol. The highest BCUT2D eigenvalue weighted by atomic mass is 19.1. The molecule has 0 aromatic heterocycles. The van der Waals surface area contributed by atoms with Gasteiger partial charge in [0, 0.05) is 12.5 Å². The van der Waals surface area contributed by atoms with E-state index in [0.29, 0.717) is 16.9 Å². The van der Waals surface area contributed by atoms with Gasteiger partial charge in [0.05, 0.1) is 0 Å². The summed E-state index contributed by atoms with van der Waals surface area (Å²) in [4.78, 5) is 11.2. The van der Waals surface area contributed by atoms with Crippen molar-refractivity contribution in [2.75, 3.05) is 0 Å². The lowest BCUT2D eigenvalue weighted by Gasteiger charge is -2.06. The van der Waals surface area contributed by atoms with E-state index in [-0.39, 0.29) is 12.4 Å². The van der Waals surface area contributed by atoms with Crippen LogP contribution in [-0.2, 0) is 4.79 Å². The summed E-state index contributed by atoms with van der Waals surface area (Å²) < 4.78 is 31.4. The zero-order valence-corrected chi connectivity index (χ0v) is 10.3. The van der Waals surface area contributed by atoms with Crippen LogP contribution in [0.15, 0.2) is 42.5 Å². The fourth-order valence-electron chi connectivity index (χ4n) is 1.66. The largest absolute Gasteiger partial charge is 0.427 e. The minimum Gasteiger partial charge on any atom is -0.427 e. The zero-order chi connectivity index (χ0) is 13.8. The molecule has 0 aliphatic carbocycles. The molecular weight excluding hydrogens is 250 g/mol. The molecule has 0 heterocycles. The molecule has 19 heavy (non-hydrogen) atoms. The van der Waals surface area contributed by atoms with E-state index in [0.717, 1.165) is 6.07 Å². The molecule has 2 aromatic carbocycles. The molecule has 0 bridgehead atoms. The number of esters is 1. The zero-order valence-electron chi connectivity index (χ0n) is 10.3. The van der Waals surface area contributed by atoms with E-state index in [1.54, 1.807) is 31.2 Å². The van der Waals surface area contributed by atoms with E-state index in [2.05, 4.69) is 0 Å². The van der Waals surface area contributed by atoms with E-state index in [9.17, 15) is 13.6 Å². The van der Waals surface area contributed by atoms with Crippen LogP contribution in [0.5, 0.6) is 5.75 Å². The topological polar surface area (TPSA) is 26.3 Å². The number of carbonyl (C=O) groups excluding carboxylic acids is 1. The molecule has 0 radical (unpaired) electrons. The van der Waals surface area contributed by atoms with Gasteiger partial charge in [0.2, 0.25) is 0 Å². The highest BCUT2D eigenvalue weighted by molar-refractivity contribution is 5.73. The molecule has 0 fully saturated rings. The summed E-state index contributed by atoms with van der Waals surface area (Å²) in [7, 11) is 0. The molecule has 0 aliphatic heterocycles. The minimum absolute atomic E-state index is 0.263. The van der Waals surface area contributed by atoms with Crippen molar-refractivity contribution < 1.29 is 18.3 Å². The van der Waals surface area contributed by atoms with Gasteiger partial charge < -0.3 is 4.74 Å². The molecule has 0 N–H and O–H groups in total. The summed E-state index contributed by atoms with van der Waals surface area (Å²) in [5.41, 5.74) is 0.978. The number of halogens is 2. The van der Waals surface area contributed by atoms with Crippen molar-refractivity contribution in [3.05, 3.63) is 54.1 Å². The summed E-state index contributed by atoms with van der Waals surface area (Å²) in [6, 6.07) is 9.81. The van der Waals surface area contributed by atoms with Gasteiger partial charge in [0.25, 0.3) is 0 Å². The maximum Gasteiger partial charge on any atom is 0.310 e. The first-order valence-corrected chi connectivity index (χ1v) is 5.85. The Morgan fingerprint density at radius 1 is 1.05 bits per heavy atom. The molecule has 0 atom stereocenters. The maximum atomic E-state index is 13.2. The molecule has 2 aromatic rings. The fourth-order valence-corrected chi connectivity index (χ4v) is 1.66. The van der Waals surface area contributed by atoms with E-state index < -0.39 is 11.6 Å². The average molecular weight is 262 g/mol. The Morgan fingerprint density at radius 3 is 2.37 bits per heavy atom. The van der Waals surface area contributed by atoms with Gasteiger partial charge in [-0.3, -0.25) is 4.79 Å². The first-order chi connectivity index (χ1) is 9.08. The molecule has 4 heteroatoms. The van der Waals surface area contributed by atoms with Crippen LogP contribution < -0.4 is 4.74 Å². The van der Waals surface area contributed by atoms with Crippen LogP contribution in [0.1, 0.15) is 13.3 Å². The molecule has 98 valence electrons. The third-order valence-electron chi connectivity index (χ3n) is 2.55. The molecule has 0 saturated carbocycles. The number of hydrogen-bond acceptors (Lipinski definition) is 2. The SMILES string of the molecule is CCC(=O)Oc1cccc(-c2cc(F)cc(F)c2)c1. The molecule has 2 nitrogen and oxygen atoms in total. The van der Waals surface area contributed by atoms with Gasteiger partial charge in [-0.15, -0.1) is 0 Å². The van der Waals surface area contributed by atoms with Crippen molar-refractivity contribution in [2.24, 2.45) is 0 Å². The van der Waals surface area contributed by atoms with Crippen molar-refractivity contribution in [1.29, 1.82) is 0 Å². The number of rotatable bonds is 3. The average Bonchev–Trinajstić information content (AvgIpc) is 2.38. The van der Waals surface area contributed by atoms with Crippen LogP contribution in [0, 0.1) is 11.6 Å². The van der Waals surface area contributed by atoms with Crippen LogP contribution in [-0.4, -0.2) is 5.97 Å². The second-order valence-corrected chi connectivity index (χ2v) is 4.01. The van der Waals surface area contributed by atoms with Gasteiger partial charge in [0.15, 0.2) is 0 Å². The van der Waals surface area contributed by atoms with Crippen molar-refractivity contribution in [3.8, 4) is 16.9 Å². The van der Waals surface area contributed by atoms with Gasteiger partial charge >= 0.3 is 5.97 Å². The summed E-state index contributed by atoms with van der Waals surface area (Å²) in [6.45, 7) is 1.69. The van der Waals surface area contributed by atoms with Gasteiger partial charge in [-0.2, -0.15) is 0 Å². The first-order valence-electron chi connectivity index (χ1n) is 5.85. The van der Waals surface area contributed by atoms with E-state index in [4.69, 9.17) is 4.74 Å². The summed E-state index contributed by atoms with van der Waals surface area (Å²) in [5, 5.41) is 0. The quantitative estimate of drug-likeness (QED) is 0.618. The Hall–Kier alpha value is -2.23. The lowest BCUT2D eigenvalue weighted by atomic mass is 10.1. The maximum absolute atomic E-state index is 13.2. The van der Waals surface area contributed by atoms with Crippen LogP contribution >= 0.6 is 0 Å². The van der Waals surface area contributed by atoms with Crippen LogP contribution in [0.3, 0.4) is 0 Å². The third-order valence-corrected chi connectivity index (χ3v) is 2.55. The molecule has 0 saturated heterocycles. The molecule has 0 spiro atoms. The number of carbonyl (C=O) groups is 1. The second kappa shape index (κ2) is 5.61. The predicted octanol–water partition coefficient (Wildman–Crippen LogP) is 3.95. The highest BCUT2D eigenvalue weighted by Gasteiger charge is 2.06. The Bertz CT molecular complexity index is 589. The van der Waals surface area contributed by atoms with Crippen LogP contribution in [0.25, 0.3) is 11.1 Å². The number of hydrogen-bond donors (Lipinski definition) is 0. The summed E-state index contributed by atoms with van der Waals surface area (Å²) >= 11 is 0. The predicted molar refractivity (Wildman–Crippen MR) is 67.7 cm³/mol. The fraction of sp³-hybridized carbons (Fsp3) is 0.133. The Labute approximate surface area is 109 Å². The van der Waals surface area contributed by atoms with Gasteiger partial charge in [-0.25, -0.2) is 8.78 Å². The van der Waals surface area contributed by atoms with E-state index in [1.807, 2.05) is 0 Å². The molecular formula is C15H12F2O2. The Kier molecular flexibility index (Phi) is 3.90. The number of benzene rings is 2. The van der Waals surface area contributed by atoms with E-state index in [1.165, 1.54) is 12.1 Å². The molecule has 0 aliphatic rings. The normalized spacial score (nSPS) is 10.3. The van der Waals surface area contributed by atoms with Crippen molar-refractivity contribution in [1.82, 2.24) is 0 Å². The van der Waals surface area contributed by atoms with Gasteiger partial charge in [-0.05, 0) is 35.4 Å². The summed E-state index contributed by atoms with van der Waals surface area (Å²) in [6.07, 6.45) is 0.263. The second-order valence-electron chi connectivity index (χ2n) is 4.01. The van der Waals surface area contributed by atoms with Crippen molar-refractivity contribution >= 4 is 5.97 Å². The Balaban J connectivity index is 2.34. The molecule has 0 unspecified atom stereocenters. The number of ether oxygens (including phenoxy) is 1. The standard InChI is InChI=1S/C15H12F2O2/c1-2-15(18)19-14-5-3-4-10(8-14)11-6-12(16)9-13(17)7-11/h3-9H,2H2,1H3. The molecule has 2 rings (SSSR count). The molecule has 0 amide bonds. The van der Waals surface area contributed by atoms with Crippen LogP contribution in [0.2, 0.25) is 0 Å². The smallest absolute Gasteiger partial charge is 0.310 e. The van der Waals surface area contributed by atoms with Gasteiger partial charge in [0.1, 0.15) is 17.4 Å². The third kappa shape index (κ3) is 3.37. The highest BCUT2D eigenvalue weighted by Crippen LogP contribution is 2.25.